The molecule has 1 N–H and O–H groups in total. The number of amides is 2. The minimum Gasteiger partial charge on any atom is -0.496 e. The molecule has 0 aliphatic rings. The van der Waals surface area contributed by atoms with E-state index in [0.717, 1.165) is 11.3 Å². The summed E-state index contributed by atoms with van der Waals surface area (Å²) in [4.78, 5) is 26.5. The van der Waals surface area contributed by atoms with Gasteiger partial charge in [-0.3, -0.25) is 9.59 Å². The Bertz CT molecular complexity index is 746. The van der Waals surface area contributed by atoms with Crippen LogP contribution in [0.3, 0.4) is 0 Å². The number of benzene rings is 2. The summed E-state index contributed by atoms with van der Waals surface area (Å²) >= 11 is 0. The summed E-state index contributed by atoms with van der Waals surface area (Å²) < 4.78 is 5.38. The van der Waals surface area contributed by atoms with Gasteiger partial charge in [0.05, 0.1) is 13.2 Å². The van der Waals surface area contributed by atoms with Crippen LogP contribution in [-0.2, 0) is 4.79 Å². The minimum atomic E-state index is -0.262. The largest absolute Gasteiger partial charge is 0.496 e. The van der Waals surface area contributed by atoms with Crippen molar-refractivity contribution in [3.05, 3.63) is 65.7 Å². The van der Waals surface area contributed by atoms with E-state index in [1.807, 2.05) is 56.3 Å². The van der Waals surface area contributed by atoms with Crippen LogP contribution < -0.4 is 10.1 Å². The number of nitrogens with zero attached hydrogens (tertiary/aromatic N) is 1. The van der Waals surface area contributed by atoms with Gasteiger partial charge in [-0.05, 0) is 32.0 Å². The molecule has 26 heavy (non-hydrogen) atoms. The van der Waals surface area contributed by atoms with Gasteiger partial charge in [-0.15, -0.1) is 0 Å². The predicted octanol–water partition coefficient (Wildman–Crippen LogP) is 3.42. The molecule has 5 nitrogen and oxygen atoms in total. The fraction of sp³-hybridized carbons (Fsp3) is 0.333. The molecule has 0 spiro atoms. The van der Waals surface area contributed by atoms with Crippen LogP contribution in [0.25, 0.3) is 0 Å². The van der Waals surface area contributed by atoms with E-state index >= 15 is 0 Å². The van der Waals surface area contributed by atoms with Gasteiger partial charge in [0.25, 0.3) is 5.91 Å². The average molecular weight is 354 g/mol. The van der Waals surface area contributed by atoms with E-state index in [1.165, 1.54) is 0 Å². The first-order chi connectivity index (χ1) is 12.4. The molecular formula is C21H26N2O3. The number of nitrogens with one attached hydrogen (secondary N) is 1. The number of carbonyl (C=O) groups is 2. The zero-order valence-corrected chi connectivity index (χ0v) is 15.7. The summed E-state index contributed by atoms with van der Waals surface area (Å²) in [5, 5.41) is 2.87. The van der Waals surface area contributed by atoms with Crippen molar-refractivity contribution < 1.29 is 14.3 Å². The Balaban J connectivity index is 1.96. The van der Waals surface area contributed by atoms with Gasteiger partial charge in [-0.1, -0.05) is 36.4 Å². The number of carbonyl (C=O) groups excluding carboxylic acids is 2. The smallest absolute Gasteiger partial charge is 0.251 e. The van der Waals surface area contributed by atoms with Crippen LogP contribution in [-0.4, -0.2) is 36.9 Å². The topological polar surface area (TPSA) is 58.6 Å². The first kappa shape index (κ1) is 19.5. The van der Waals surface area contributed by atoms with Crippen molar-refractivity contribution in [1.29, 1.82) is 0 Å². The first-order valence-electron chi connectivity index (χ1n) is 8.68. The van der Waals surface area contributed by atoms with E-state index in [2.05, 4.69) is 5.32 Å². The minimum absolute atomic E-state index is 0.0377. The molecule has 0 radical (unpaired) electrons. The summed E-state index contributed by atoms with van der Waals surface area (Å²) in [6.45, 7) is 3.79. The van der Waals surface area contributed by atoms with E-state index in [9.17, 15) is 9.59 Å². The molecule has 2 unspecified atom stereocenters. The molecule has 2 rings (SSSR count). The highest BCUT2D eigenvalue weighted by atomic mass is 16.5. The van der Waals surface area contributed by atoms with Crippen LogP contribution in [0.2, 0.25) is 0 Å². The Morgan fingerprint density at radius 1 is 1.04 bits per heavy atom. The summed E-state index contributed by atoms with van der Waals surface area (Å²) in [6.07, 6.45) is 0.231. The molecule has 0 saturated heterocycles. The lowest BCUT2D eigenvalue weighted by Crippen LogP contribution is -2.38. The molecule has 2 atom stereocenters. The van der Waals surface area contributed by atoms with Gasteiger partial charge in [0.15, 0.2) is 0 Å². The van der Waals surface area contributed by atoms with Gasteiger partial charge < -0.3 is 15.0 Å². The molecule has 2 aromatic rings. The third-order valence-corrected chi connectivity index (χ3v) is 4.46. The second kappa shape index (κ2) is 9.04. The van der Waals surface area contributed by atoms with Crippen molar-refractivity contribution in [3.63, 3.8) is 0 Å². The lowest BCUT2D eigenvalue weighted by Gasteiger charge is -2.28. The van der Waals surface area contributed by atoms with Crippen molar-refractivity contribution in [2.45, 2.75) is 32.4 Å². The Kier molecular flexibility index (Phi) is 6.78. The maximum Gasteiger partial charge on any atom is 0.251 e. The van der Waals surface area contributed by atoms with Crippen molar-refractivity contribution in [2.75, 3.05) is 14.2 Å². The van der Waals surface area contributed by atoms with Gasteiger partial charge >= 0.3 is 0 Å². The fourth-order valence-corrected chi connectivity index (χ4v) is 2.79. The van der Waals surface area contributed by atoms with Crippen LogP contribution in [0.15, 0.2) is 54.6 Å². The maximum atomic E-state index is 12.6. The normalized spacial score (nSPS) is 12.8. The van der Waals surface area contributed by atoms with Gasteiger partial charge in [0.1, 0.15) is 5.75 Å². The third kappa shape index (κ3) is 4.85. The molecule has 2 aromatic carbocycles. The number of methoxy groups -OCH3 is 1. The second-order valence-electron chi connectivity index (χ2n) is 6.37. The fourth-order valence-electron chi connectivity index (χ4n) is 2.79. The van der Waals surface area contributed by atoms with E-state index in [0.29, 0.717) is 5.56 Å². The first-order valence-corrected chi connectivity index (χ1v) is 8.68. The number of ether oxygens (including phenoxy) is 1. The monoisotopic (exact) mass is 354 g/mol. The quantitative estimate of drug-likeness (QED) is 0.829. The van der Waals surface area contributed by atoms with Crippen LogP contribution in [0.4, 0.5) is 0 Å². The molecular weight excluding hydrogens is 328 g/mol. The molecule has 0 aromatic heterocycles. The van der Waals surface area contributed by atoms with Gasteiger partial charge in [-0.25, -0.2) is 0 Å². The lowest BCUT2D eigenvalue weighted by molar-refractivity contribution is -0.132. The Morgan fingerprint density at radius 2 is 1.65 bits per heavy atom. The zero-order valence-electron chi connectivity index (χ0n) is 15.7. The average Bonchev–Trinajstić information content (AvgIpc) is 2.67. The molecule has 5 heteroatoms. The van der Waals surface area contributed by atoms with Crippen LogP contribution >= 0.6 is 0 Å². The maximum absolute atomic E-state index is 12.6. The van der Waals surface area contributed by atoms with Gasteiger partial charge in [0.2, 0.25) is 5.91 Å². The number of hydrogen-bond acceptors (Lipinski definition) is 3. The van der Waals surface area contributed by atoms with Crippen LogP contribution in [0.5, 0.6) is 5.75 Å². The summed E-state index contributed by atoms with van der Waals surface area (Å²) in [5.41, 5.74) is 1.54. The van der Waals surface area contributed by atoms with Gasteiger partial charge in [-0.2, -0.15) is 0 Å². The van der Waals surface area contributed by atoms with E-state index < -0.39 is 0 Å². The molecule has 0 heterocycles. The zero-order chi connectivity index (χ0) is 19.1. The summed E-state index contributed by atoms with van der Waals surface area (Å²) in [6, 6.07) is 16.3. The Hall–Kier alpha value is -2.82. The van der Waals surface area contributed by atoms with Crippen molar-refractivity contribution in [1.82, 2.24) is 10.2 Å². The lowest BCUT2D eigenvalue weighted by atomic mass is 10.1. The highest BCUT2D eigenvalue weighted by molar-refractivity contribution is 5.94. The number of rotatable bonds is 7. The highest BCUT2D eigenvalue weighted by Gasteiger charge is 2.22. The third-order valence-electron chi connectivity index (χ3n) is 4.46. The van der Waals surface area contributed by atoms with Crippen molar-refractivity contribution in [3.8, 4) is 5.75 Å². The summed E-state index contributed by atoms with van der Waals surface area (Å²) in [7, 11) is 3.39. The Morgan fingerprint density at radius 3 is 2.31 bits per heavy atom. The number of hydrogen-bond donors (Lipinski definition) is 1. The molecule has 2 amide bonds. The van der Waals surface area contributed by atoms with E-state index in [4.69, 9.17) is 4.74 Å². The highest BCUT2D eigenvalue weighted by Crippen LogP contribution is 2.28. The van der Waals surface area contributed by atoms with Gasteiger partial charge in [0, 0.05) is 30.6 Å². The predicted molar refractivity (Wildman–Crippen MR) is 102 cm³/mol. The Labute approximate surface area is 155 Å². The molecule has 0 aliphatic carbocycles. The molecule has 0 bridgehead atoms. The van der Waals surface area contributed by atoms with Crippen LogP contribution in [0.1, 0.15) is 42.2 Å². The van der Waals surface area contributed by atoms with Crippen molar-refractivity contribution >= 4 is 11.8 Å². The second-order valence-corrected chi connectivity index (χ2v) is 6.37. The molecule has 0 fully saturated rings. The molecule has 138 valence electrons. The SMILES string of the molecule is COc1ccccc1C(C)N(C)C(=O)CC(C)NC(=O)c1ccccc1. The van der Waals surface area contributed by atoms with E-state index in [-0.39, 0.29) is 30.3 Å². The summed E-state index contributed by atoms with van der Waals surface area (Å²) in [5.74, 6) is 0.542. The standard InChI is InChI=1S/C21H26N2O3/c1-15(22-21(25)17-10-6-5-7-11-17)14-20(24)23(3)16(2)18-12-8-9-13-19(18)26-4/h5-13,15-16H,14H2,1-4H3,(H,22,25). The molecule has 0 aliphatic heterocycles. The van der Waals surface area contributed by atoms with Crippen LogP contribution in [0, 0.1) is 0 Å². The van der Waals surface area contributed by atoms with Crippen molar-refractivity contribution in [2.24, 2.45) is 0 Å². The number of para-hydroxylation sites is 1. The van der Waals surface area contributed by atoms with E-state index in [1.54, 1.807) is 31.2 Å². The molecule has 0 saturated carbocycles.